The van der Waals surface area contributed by atoms with E-state index in [0.717, 1.165) is 9.91 Å². The van der Waals surface area contributed by atoms with Gasteiger partial charge in [-0.1, -0.05) is 18.2 Å². The molecule has 0 spiro atoms. The number of rotatable bonds is 2. The van der Waals surface area contributed by atoms with Gasteiger partial charge in [-0.25, -0.2) is 25.3 Å². The topological polar surface area (TPSA) is 78.7 Å². The third-order valence-electron chi connectivity index (χ3n) is 2.35. The molecule has 0 saturated carbocycles. The zero-order chi connectivity index (χ0) is 12.4. The van der Waals surface area contributed by atoms with Gasteiger partial charge in [0.2, 0.25) is 0 Å². The number of imide groups is 1. The van der Waals surface area contributed by atoms with Crippen molar-refractivity contribution in [2.45, 2.75) is 5.50 Å². The van der Waals surface area contributed by atoms with Crippen molar-refractivity contribution in [1.82, 2.24) is 10.3 Å². The van der Waals surface area contributed by atoms with Crippen LogP contribution in [0.25, 0.3) is 0 Å². The molecule has 0 radical (unpaired) electrons. The fraction of sp³-hybridized carbons (Fsp3) is 0.200. The fourth-order valence-electron chi connectivity index (χ4n) is 1.52. The van der Waals surface area contributed by atoms with Gasteiger partial charge in [0.1, 0.15) is 0 Å². The van der Waals surface area contributed by atoms with E-state index in [1.54, 1.807) is 36.6 Å². The van der Waals surface area contributed by atoms with E-state index in [1.165, 1.54) is 11.8 Å². The van der Waals surface area contributed by atoms with Gasteiger partial charge in [-0.05, 0) is 18.4 Å². The van der Waals surface area contributed by atoms with E-state index < -0.39 is 17.6 Å². The minimum Gasteiger partial charge on any atom is -0.307 e. The maximum Gasteiger partial charge on any atom is 0.349 e. The average molecular weight is 252 g/mol. The third kappa shape index (κ3) is 2.06. The number of para-hydroxylation sites is 1. The van der Waals surface area contributed by atoms with Crippen LogP contribution in [0.5, 0.6) is 0 Å². The molecule has 1 aromatic carbocycles. The number of hydrazine groups is 1. The number of benzene rings is 1. The van der Waals surface area contributed by atoms with Crippen LogP contribution in [0.1, 0.15) is 0 Å². The normalized spacial score (nSPS) is 20.5. The van der Waals surface area contributed by atoms with Gasteiger partial charge >= 0.3 is 12.1 Å². The molecule has 4 amide bonds. The molecule has 1 fully saturated rings. The summed E-state index contributed by atoms with van der Waals surface area (Å²) in [6, 6.07) is 7.63. The summed E-state index contributed by atoms with van der Waals surface area (Å²) in [5.74, 6) is 5.63. The van der Waals surface area contributed by atoms with E-state index >= 15 is 0 Å². The van der Waals surface area contributed by atoms with Crippen LogP contribution in [0.3, 0.4) is 0 Å². The Bertz CT molecular complexity index is 439. The number of nitrogens with one attached hydrogen (secondary N) is 1. The van der Waals surface area contributed by atoms with E-state index in [0.29, 0.717) is 5.69 Å². The van der Waals surface area contributed by atoms with E-state index in [9.17, 15) is 9.59 Å². The molecule has 1 heterocycles. The lowest BCUT2D eigenvalue weighted by Crippen LogP contribution is -2.66. The Morgan fingerprint density at radius 3 is 2.53 bits per heavy atom. The second-order valence-electron chi connectivity index (χ2n) is 3.40. The molecule has 0 bridgehead atoms. The Balaban J connectivity index is 2.30. The number of thioether (sulfide) groups is 1. The van der Waals surface area contributed by atoms with Crippen molar-refractivity contribution in [3.8, 4) is 0 Å². The van der Waals surface area contributed by atoms with Crippen LogP contribution in [0, 0.1) is 0 Å². The van der Waals surface area contributed by atoms with Crippen LogP contribution in [0.15, 0.2) is 30.3 Å². The summed E-state index contributed by atoms with van der Waals surface area (Å²) < 4.78 is 0. The monoisotopic (exact) mass is 252 g/mol. The number of carbonyl (C=O) groups is 2. The molecule has 7 heteroatoms. The van der Waals surface area contributed by atoms with Crippen molar-refractivity contribution in [2.75, 3.05) is 11.2 Å². The van der Waals surface area contributed by atoms with Gasteiger partial charge in [0.25, 0.3) is 0 Å². The number of urea groups is 2. The van der Waals surface area contributed by atoms with Crippen LogP contribution in [-0.4, -0.2) is 28.8 Å². The molecule has 1 atom stereocenters. The summed E-state index contributed by atoms with van der Waals surface area (Å²) in [5.41, 5.74) is -0.0417. The molecule has 1 saturated heterocycles. The van der Waals surface area contributed by atoms with Crippen molar-refractivity contribution >= 4 is 29.5 Å². The number of anilines is 1. The predicted octanol–water partition coefficient (Wildman–Crippen LogP) is 1.16. The van der Waals surface area contributed by atoms with Gasteiger partial charge in [0.15, 0.2) is 5.50 Å². The first-order valence-corrected chi connectivity index (χ1v) is 6.20. The fourth-order valence-corrected chi connectivity index (χ4v) is 2.06. The molecule has 0 aromatic heterocycles. The Morgan fingerprint density at radius 2 is 1.94 bits per heavy atom. The molecule has 90 valence electrons. The lowest BCUT2D eigenvalue weighted by atomic mass is 10.3. The molecular weight excluding hydrogens is 240 g/mol. The summed E-state index contributed by atoms with van der Waals surface area (Å²) in [6.07, 6.45) is 1.76. The standard InChI is InChI=1S/C10H12N4O2S/c1-17-9-12-8(15)13(10(16)14(9)11)7-5-3-2-4-6-7/h2-6,9H,11H2,1H3,(H,12,15). The Labute approximate surface area is 103 Å². The SMILES string of the molecule is CSC1NC(=O)N(c2ccccc2)C(=O)N1N. The predicted molar refractivity (Wildman–Crippen MR) is 66.2 cm³/mol. The quantitative estimate of drug-likeness (QED) is 0.611. The van der Waals surface area contributed by atoms with Crippen molar-refractivity contribution in [2.24, 2.45) is 5.84 Å². The maximum absolute atomic E-state index is 12.0. The Kier molecular flexibility index (Phi) is 3.21. The molecule has 1 unspecified atom stereocenters. The highest BCUT2D eigenvalue weighted by Gasteiger charge is 2.37. The zero-order valence-corrected chi connectivity index (χ0v) is 9.98. The van der Waals surface area contributed by atoms with Crippen LogP contribution >= 0.6 is 11.8 Å². The minimum absolute atomic E-state index is 0.470. The highest BCUT2D eigenvalue weighted by molar-refractivity contribution is 7.99. The molecule has 0 aliphatic carbocycles. The van der Waals surface area contributed by atoms with Gasteiger partial charge < -0.3 is 5.32 Å². The Morgan fingerprint density at radius 1 is 1.29 bits per heavy atom. The van der Waals surface area contributed by atoms with E-state index in [-0.39, 0.29) is 0 Å². The first kappa shape index (κ1) is 11.7. The number of nitrogens with two attached hydrogens (primary N) is 1. The van der Waals surface area contributed by atoms with Crippen LogP contribution in [0.2, 0.25) is 0 Å². The number of hydrogen-bond acceptors (Lipinski definition) is 4. The molecule has 17 heavy (non-hydrogen) atoms. The first-order chi connectivity index (χ1) is 8.15. The van der Waals surface area contributed by atoms with Gasteiger partial charge in [-0.3, -0.25) is 0 Å². The Hall–Kier alpha value is -1.73. The number of carbonyl (C=O) groups excluding carboxylic acids is 2. The van der Waals surface area contributed by atoms with Crippen LogP contribution < -0.4 is 16.1 Å². The van der Waals surface area contributed by atoms with Crippen molar-refractivity contribution in [1.29, 1.82) is 0 Å². The largest absolute Gasteiger partial charge is 0.349 e. The summed E-state index contributed by atoms with van der Waals surface area (Å²) >= 11 is 1.28. The van der Waals surface area contributed by atoms with Gasteiger partial charge in [0, 0.05) is 0 Å². The van der Waals surface area contributed by atoms with Gasteiger partial charge in [0.05, 0.1) is 5.69 Å². The van der Waals surface area contributed by atoms with E-state index in [4.69, 9.17) is 5.84 Å². The average Bonchev–Trinajstić information content (AvgIpc) is 2.35. The molecule has 2 rings (SSSR count). The summed E-state index contributed by atoms with van der Waals surface area (Å²) in [6.45, 7) is 0. The molecule has 1 aliphatic rings. The van der Waals surface area contributed by atoms with Crippen LogP contribution in [-0.2, 0) is 0 Å². The highest BCUT2D eigenvalue weighted by atomic mass is 32.2. The minimum atomic E-state index is -0.542. The second-order valence-corrected chi connectivity index (χ2v) is 4.32. The van der Waals surface area contributed by atoms with Gasteiger partial charge in [-0.2, -0.15) is 0 Å². The number of amides is 4. The lowest BCUT2D eigenvalue weighted by Gasteiger charge is -2.36. The molecule has 1 aliphatic heterocycles. The first-order valence-electron chi connectivity index (χ1n) is 4.91. The second kappa shape index (κ2) is 4.64. The van der Waals surface area contributed by atoms with Crippen LogP contribution in [0.4, 0.5) is 15.3 Å². The highest BCUT2D eigenvalue weighted by Crippen LogP contribution is 2.21. The molecule has 3 N–H and O–H groups in total. The smallest absolute Gasteiger partial charge is 0.307 e. The number of nitrogens with zero attached hydrogens (tertiary/aromatic N) is 2. The zero-order valence-electron chi connectivity index (χ0n) is 9.16. The van der Waals surface area contributed by atoms with Crippen molar-refractivity contribution in [3.63, 3.8) is 0 Å². The molecule has 6 nitrogen and oxygen atoms in total. The van der Waals surface area contributed by atoms with Gasteiger partial charge in [-0.15, -0.1) is 11.8 Å². The van der Waals surface area contributed by atoms with Crippen molar-refractivity contribution < 1.29 is 9.59 Å². The van der Waals surface area contributed by atoms with E-state index in [2.05, 4.69) is 5.32 Å². The van der Waals surface area contributed by atoms with E-state index in [1.807, 2.05) is 0 Å². The number of hydrogen-bond donors (Lipinski definition) is 2. The van der Waals surface area contributed by atoms with Crippen molar-refractivity contribution in [3.05, 3.63) is 30.3 Å². The maximum atomic E-state index is 12.0. The third-order valence-corrected chi connectivity index (χ3v) is 3.14. The summed E-state index contributed by atoms with van der Waals surface area (Å²) in [4.78, 5) is 24.8. The summed E-state index contributed by atoms with van der Waals surface area (Å²) in [7, 11) is 0. The molecule has 1 aromatic rings. The lowest BCUT2D eigenvalue weighted by molar-refractivity contribution is 0.179. The summed E-state index contributed by atoms with van der Waals surface area (Å²) in [5, 5.41) is 3.62. The molecular formula is C10H12N4O2S.